The number of rotatable bonds is 3. The highest BCUT2D eigenvalue weighted by Gasteiger charge is 2.13. The highest BCUT2D eigenvalue weighted by molar-refractivity contribution is 5.41. The van der Waals surface area contributed by atoms with Crippen molar-refractivity contribution in [3.8, 4) is 5.75 Å². The van der Waals surface area contributed by atoms with Gasteiger partial charge in [-0.2, -0.15) is 0 Å². The molecule has 104 valence electrons. The van der Waals surface area contributed by atoms with Crippen LogP contribution in [0.25, 0.3) is 0 Å². The van der Waals surface area contributed by atoms with Crippen molar-refractivity contribution in [2.24, 2.45) is 0 Å². The molecule has 0 amide bonds. The molecule has 2 aromatic carbocycles. The summed E-state index contributed by atoms with van der Waals surface area (Å²) in [5, 5.41) is 3.38. The molecule has 20 heavy (non-hydrogen) atoms. The van der Waals surface area contributed by atoms with Crippen molar-refractivity contribution >= 4 is 0 Å². The second-order valence-electron chi connectivity index (χ2n) is 5.13. The van der Waals surface area contributed by atoms with Crippen LogP contribution in [-0.4, -0.2) is 13.7 Å². The fourth-order valence-corrected chi connectivity index (χ4v) is 2.82. The third-order valence-corrected chi connectivity index (χ3v) is 3.85. The summed E-state index contributed by atoms with van der Waals surface area (Å²) in [7, 11) is 1.48. The van der Waals surface area contributed by atoms with Gasteiger partial charge in [-0.1, -0.05) is 24.3 Å². The van der Waals surface area contributed by atoms with E-state index in [1.165, 1.54) is 23.8 Å². The molecule has 0 saturated heterocycles. The first-order valence-electron chi connectivity index (χ1n) is 6.90. The lowest BCUT2D eigenvalue weighted by molar-refractivity contribution is 0.386. The Balaban J connectivity index is 1.90. The predicted molar refractivity (Wildman–Crippen MR) is 77.6 cm³/mol. The molecule has 3 heteroatoms. The molecule has 0 bridgehead atoms. The summed E-state index contributed by atoms with van der Waals surface area (Å²) in [4.78, 5) is 0. The first-order valence-corrected chi connectivity index (χ1v) is 6.90. The number of fused-ring (bicyclic) bond motifs is 1. The van der Waals surface area contributed by atoms with E-state index in [4.69, 9.17) is 4.74 Å². The van der Waals surface area contributed by atoms with Crippen molar-refractivity contribution in [1.82, 2.24) is 5.32 Å². The van der Waals surface area contributed by atoms with Crippen molar-refractivity contribution in [2.75, 3.05) is 13.7 Å². The molecule has 3 rings (SSSR count). The maximum Gasteiger partial charge on any atom is 0.165 e. The molecule has 2 aromatic rings. The van der Waals surface area contributed by atoms with Crippen molar-refractivity contribution in [3.05, 3.63) is 64.5 Å². The van der Waals surface area contributed by atoms with Gasteiger partial charge in [0.2, 0.25) is 0 Å². The average molecular weight is 271 g/mol. The normalized spacial score (nSPS) is 13.9. The SMILES string of the molecule is COc1ccc(Cc2cccc3c2CCNC3)cc1F. The highest BCUT2D eigenvalue weighted by Crippen LogP contribution is 2.24. The van der Waals surface area contributed by atoms with Crippen LogP contribution in [0.1, 0.15) is 22.3 Å². The van der Waals surface area contributed by atoms with E-state index in [1.54, 1.807) is 12.1 Å². The quantitative estimate of drug-likeness (QED) is 0.926. The zero-order chi connectivity index (χ0) is 13.9. The molecule has 0 aromatic heterocycles. The van der Waals surface area contributed by atoms with Gasteiger partial charge in [-0.15, -0.1) is 0 Å². The molecule has 1 aliphatic rings. The Labute approximate surface area is 118 Å². The molecule has 0 atom stereocenters. The monoisotopic (exact) mass is 271 g/mol. The number of hydrogen-bond donors (Lipinski definition) is 1. The number of ether oxygens (including phenoxy) is 1. The molecule has 0 aliphatic carbocycles. The lowest BCUT2D eigenvalue weighted by Gasteiger charge is -2.20. The summed E-state index contributed by atoms with van der Waals surface area (Å²) in [6.07, 6.45) is 1.81. The van der Waals surface area contributed by atoms with Gasteiger partial charge in [-0.05, 0) is 53.8 Å². The molecule has 2 nitrogen and oxygen atoms in total. The molecule has 1 heterocycles. The van der Waals surface area contributed by atoms with Crippen molar-refractivity contribution in [1.29, 1.82) is 0 Å². The third-order valence-electron chi connectivity index (χ3n) is 3.85. The Morgan fingerprint density at radius 2 is 2.15 bits per heavy atom. The Morgan fingerprint density at radius 1 is 1.25 bits per heavy atom. The van der Waals surface area contributed by atoms with E-state index in [1.807, 2.05) is 6.07 Å². The summed E-state index contributed by atoms with van der Waals surface area (Å²) in [5.74, 6) is 0.00417. The molecule has 0 unspecified atom stereocenters. The minimum absolute atomic E-state index is 0.295. The second-order valence-corrected chi connectivity index (χ2v) is 5.13. The van der Waals surface area contributed by atoms with E-state index in [0.29, 0.717) is 5.75 Å². The van der Waals surface area contributed by atoms with Gasteiger partial charge in [0.25, 0.3) is 0 Å². The molecule has 0 spiro atoms. The average Bonchev–Trinajstić information content (AvgIpc) is 2.48. The first-order chi connectivity index (χ1) is 9.78. The lowest BCUT2D eigenvalue weighted by atomic mass is 9.92. The van der Waals surface area contributed by atoms with Crippen LogP contribution in [0.15, 0.2) is 36.4 Å². The van der Waals surface area contributed by atoms with Crippen LogP contribution < -0.4 is 10.1 Å². The molecule has 1 aliphatic heterocycles. The topological polar surface area (TPSA) is 21.3 Å². The largest absolute Gasteiger partial charge is 0.494 e. The van der Waals surface area contributed by atoms with Gasteiger partial charge < -0.3 is 10.1 Å². The molecule has 0 radical (unpaired) electrons. The molecule has 0 saturated carbocycles. The highest BCUT2D eigenvalue weighted by atomic mass is 19.1. The minimum atomic E-state index is -0.295. The van der Waals surface area contributed by atoms with Gasteiger partial charge >= 0.3 is 0 Å². The summed E-state index contributed by atoms with van der Waals surface area (Å²) in [6.45, 7) is 1.95. The Bertz CT molecular complexity index is 624. The summed E-state index contributed by atoms with van der Waals surface area (Å²) in [6, 6.07) is 11.6. The molecule has 0 fully saturated rings. The smallest absolute Gasteiger partial charge is 0.165 e. The van der Waals surface area contributed by atoms with Crippen LogP contribution in [-0.2, 0) is 19.4 Å². The summed E-state index contributed by atoms with van der Waals surface area (Å²) in [5.41, 5.74) is 5.06. The minimum Gasteiger partial charge on any atom is -0.494 e. The molecule has 1 N–H and O–H groups in total. The van der Waals surface area contributed by atoms with E-state index < -0.39 is 0 Å². The fourth-order valence-electron chi connectivity index (χ4n) is 2.82. The van der Waals surface area contributed by atoms with Crippen molar-refractivity contribution in [3.63, 3.8) is 0 Å². The first kappa shape index (κ1) is 13.1. The van der Waals surface area contributed by atoms with Gasteiger partial charge in [0.1, 0.15) is 0 Å². The van der Waals surface area contributed by atoms with E-state index in [-0.39, 0.29) is 5.82 Å². The van der Waals surface area contributed by atoms with E-state index >= 15 is 0 Å². The van der Waals surface area contributed by atoms with Crippen molar-refractivity contribution < 1.29 is 9.13 Å². The van der Waals surface area contributed by atoms with Crippen LogP contribution in [0, 0.1) is 5.82 Å². The Morgan fingerprint density at radius 3 is 2.95 bits per heavy atom. The number of hydrogen-bond acceptors (Lipinski definition) is 2. The van der Waals surface area contributed by atoms with E-state index in [0.717, 1.165) is 31.5 Å². The van der Waals surface area contributed by atoms with Gasteiger partial charge in [0.15, 0.2) is 11.6 Å². The maximum atomic E-state index is 13.8. The van der Waals surface area contributed by atoms with Crippen LogP contribution in [0.3, 0.4) is 0 Å². The lowest BCUT2D eigenvalue weighted by Crippen LogP contribution is -2.24. The van der Waals surface area contributed by atoms with Crippen LogP contribution in [0.4, 0.5) is 4.39 Å². The van der Waals surface area contributed by atoms with Crippen LogP contribution >= 0.6 is 0 Å². The maximum absolute atomic E-state index is 13.8. The van der Waals surface area contributed by atoms with E-state index in [9.17, 15) is 4.39 Å². The standard InChI is InChI=1S/C17H18FNO/c1-20-17-6-5-12(10-16(17)18)9-13-3-2-4-14-11-19-8-7-15(13)14/h2-6,10,19H,7-9,11H2,1H3. The number of nitrogens with one attached hydrogen (secondary N) is 1. The van der Waals surface area contributed by atoms with Gasteiger partial charge in [-0.3, -0.25) is 0 Å². The molecular weight excluding hydrogens is 253 g/mol. The van der Waals surface area contributed by atoms with Gasteiger partial charge in [0, 0.05) is 6.54 Å². The number of benzene rings is 2. The molecular formula is C17H18FNO. The number of methoxy groups -OCH3 is 1. The Hall–Kier alpha value is -1.87. The van der Waals surface area contributed by atoms with Crippen LogP contribution in [0.5, 0.6) is 5.75 Å². The Kier molecular flexibility index (Phi) is 3.70. The van der Waals surface area contributed by atoms with Gasteiger partial charge in [-0.25, -0.2) is 4.39 Å². The third kappa shape index (κ3) is 2.54. The van der Waals surface area contributed by atoms with Crippen molar-refractivity contribution in [2.45, 2.75) is 19.4 Å². The second kappa shape index (κ2) is 5.63. The summed E-state index contributed by atoms with van der Waals surface area (Å²) >= 11 is 0. The number of halogens is 1. The van der Waals surface area contributed by atoms with E-state index in [2.05, 4.69) is 23.5 Å². The zero-order valence-corrected chi connectivity index (χ0v) is 11.6. The zero-order valence-electron chi connectivity index (χ0n) is 11.6. The van der Waals surface area contributed by atoms with Gasteiger partial charge in [0.05, 0.1) is 7.11 Å². The fraction of sp³-hybridized carbons (Fsp3) is 0.294. The predicted octanol–water partition coefficient (Wildman–Crippen LogP) is 3.07. The summed E-state index contributed by atoms with van der Waals surface area (Å²) < 4.78 is 18.7. The van der Waals surface area contributed by atoms with Crippen LogP contribution in [0.2, 0.25) is 0 Å².